The highest BCUT2D eigenvalue weighted by Gasteiger charge is 2.42. The molecule has 0 spiro atoms. The molecule has 2 heterocycles. The van der Waals surface area contributed by atoms with Gasteiger partial charge in [-0.25, -0.2) is 9.80 Å². The molecular weight excluding hydrogens is 367 g/mol. The van der Waals surface area contributed by atoms with Crippen molar-refractivity contribution in [2.45, 2.75) is 31.7 Å². The third kappa shape index (κ3) is 4.50. The lowest BCUT2D eigenvalue weighted by Crippen LogP contribution is -2.58. The van der Waals surface area contributed by atoms with E-state index in [9.17, 15) is 19.3 Å². The monoisotopic (exact) mass is 386 g/mol. The summed E-state index contributed by atoms with van der Waals surface area (Å²) in [6, 6.07) is -0.923. The van der Waals surface area contributed by atoms with Crippen molar-refractivity contribution in [3.05, 3.63) is 0 Å². The maximum atomic E-state index is 12.4. The van der Waals surface area contributed by atoms with E-state index in [0.29, 0.717) is 38.8 Å². The molecule has 10 heteroatoms. The number of amides is 1. The molecule has 2 saturated heterocycles. The van der Waals surface area contributed by atoms with Crippen LogP contribution in [0.15, 0.2) is 0 Å². The molecule has 2 rings (SSSR count). The second-order valence-electron chi connectivity index (χ2n) is 5.32. The Morgan fingerprint density at radius 2 is 1.81 bits per heavy atom. The fraction of sp³-hybridized carbons (Fsp3) is 0.818. The number of carboxylic acids is 1. The Kier molecular flexibility index (Phi) is 6.36. The van der Waals surface area contributed by atoms with Gasteiger partial charge in [-0.2, -0.15) is 0 Å². The summed E-state index contributed by atoms with van der Waals surface area (Å²) in [6.07, 6.45) is 1.56. The van der Waals surface area contributed by atoms with Crippen molar-refractivity contribution in [3.63, 3.8) is 0 Å². The van der Waals surface area contributed by atoms with Crippen LogP contribution in [0.3, 0.4) is 0 Å². The van der Waals surface area contributed by atoms with Crippen LogP contribution in [-0.4, -0.2) is 62.1 Å². The molecule has 0 aromatic rings. The molecule has 2 atom stereocenters. The molecular formula is C11H20BrN2O6P. The van der Waals surface area contributed by atoms with E-state index in [4.69, 9.17) is 9.79 Å². The number of hydrogen-bond donors (Lipinski definition) is 3. The van der Waals surface area contributed by atoms with Crippen LogP contribution in [0.25, 0.3) is 0 Å². The zero-order valence-corrected chi connectivity index (χ0v) is 14.0. The quantitative estimate of drug-likeness (QED) is 0.602. The van der Waals surface area contributed by atoms with Crippen molar-refractivity contribution in [1.82, 2.24) is 10.0 Å². The van der Waals surface area contributed by atoms with Gasteiger partial charge in [0.1, 0.15) is 6.04 Å². The number of hydrazine groups is 1. The van der Waals surface area contributed by atoms with Crippen molar-refractivity contribution < 1.29 is 29.0 Å². The predicted molar refractivity (Wildman–Crippen MR) is 79.0 cm³/mol. The molecule has 3 N–H and O–H groups in total. The van der Waals surface area contributed by atoms with E-state index in [1.165, 1.54) is 5.01 Å². The summed E-state index contributed by atoms with van der Waals surface area (Å²) in [5.74, 6) is -2.35. The fourth-order valence-corrected chi connectivity index (χ4v) is 3.84. The number of carboxylic acid groups (broad SMARTS) is 1. The standard InChI is InChI=1S/C11H19N2O6P.BrH/c14-10-8(7-20(17,18)19)3-1-5-12-6-2-4-9(11(15)16)13(10)12;/h8-9H,1-7H2,(H,15,16)(H2,17,18,19);1H/t8-,9+;/m1./s1. The van der Waals surface area contributed by atoms with Crippen LogP contribution < -0.4 is 0 Å². The third-order valence-corrected chi connectivity index (χ3v) is 4.70. The number of aliphatic carboxylic acids is 1. The Labute approximate surface area is 133 Å². The molecule has 1 amide bonds. The van der Waals surface area contributed by atoms with Gasteiger partial charge in [0.15, 0.2) is 0 Å². The lowest BCUT2D eigenvalue weighted by Gasteiger charge is -2.42. The molecule has 0 unspecified atom stereocenters. The Morgan fingerprint density at radius 3 is 2.33 bits per heavy atom. The third-order valence-electron chi connectivity index (χ3n) is 3.78. The van der Waals surface area contributed by atoms with E-state index < -0.39 is 37.6 Å². The first-order valence-electron chi connectivity index (χ1n) is 6.65. The molecule has 0 aliphatic carbocycles. The highest BCUT2D eigenvalue weighted by Crippen LogP contribution is 2.40. The van der Waals surface area contributed by atoms with Crippen LogP contribution in [-0.2, 0) is 14.2 Å². The van der Waals surface area contributed by atoms with Crippen molar-refractivity contribution in [2.75, 3.05) is 19.3 Å². The average molecular weight is 387 g/mol. The lowest BCUT2D eigenvalue weighted by molar-refractivity contribution is -0.175. The first-order chi connectivity index (χ1) is 9.29. The zero-order chi connectivity index (χ0) is 14.9. The van der Waals surface area contributed by atoms with Gasteiger partial charge in [-0.15, -0.1) is 17.0 Å². The Balaban J connectivity index is 0.00000220. The number of nitrogens with zero attached hydrogens (tertiary/aromatic N) is 2. The number of hydrogen-bond acceptors (Lipinski definition) is 4. The van der Waals surface area contributed by atoms with Crippen molar-refractivity contribution in [2.24, 2.45) is 5.92 Å². The minimum Gasteiger partial charge on any atom is -0.480 e. The van der Waals surface area contributed by atoms with Gasteiger partial charge in [0.05, 0.1) is 12.1 Å². The summed E-state index contributed by atoms with van der Waals surface area (Å²) < 4.78 is 11.1. The summed E-state index contributed by atoms with van der Waals surface area (Å²) in [5.41, 5.74) is 0. The van der Waals surface area contributed by atoms with Gasteiger partial charge in [0.2, 0.25) is 5.91 Å². The number of fused-ring (bicyclic) bond motifs is 1. The Morgan fingerprint density at radius 1 is 1.24 bits per heavy atom. The van der Waals surface area contributed by atoms with Gasteiger partial charge < -0.3 is 14.9 Å². The van der Waals surface area contributed by atoms with Crippen molar-refractivity contribution >= 4 is 36.5 Å². The van der Waals surface area contributed by atoms with Gasteiger partial charge in [0.25, 0.3) is 0 Å². The molecule has 0 radical (unpaired) electrons. The summed E-state index contributed by atoms with van der Waals surface area (Å²) in [6.45, 7) is 1.16. The van der Waals surface area contributed by atoms with E-state index in [1.54, 1.807) is 5.01 Å². The van der Waals surface area contributed by atoms with Crippen molar-refractivity contribution in [3.8, 4) is 0 Å². The fourth-order valence-electron chi connectivity index (χ4n) is 2.92. The van der Waals surface area contributed by atoms with E-state index in [1.807, 2.05) is 0 Å². The number of halogens is 1. The first kappa shape index (κ1) is 18.6. The number of carbonyl (C=O) groups is 2. The SMILES string of the molecule is Br.O=C(O)[C@@H]1CCCN2CCC[C@H](CP(=O)(O)O)C(=O)N12. The Hall–Kier alpha value is -0.470. The average Bonchev–Trinajstić information content (AvgIpc) is 2.48. The largest absolute Gasteiger partial charge is 0.480 e. The predicted octanol–water partition coefficient (Wildman–Crippen LogP) is 0.445. The minimum absolute atomic E-state index is 0. The van der Waals surface area contributed by atoms with Crippen molar-refractivity contribution in [1.29, 1.82) is 0 Å². The maximum Gasteiger partial charge on any atom is 0.328 e. The normalized spacial score (nSPS) is 27.5. The molecule has 2 aliphatic rings. The van der Waals surface area contributed by atoms with Crippen LogP contribution in [0.1, 0.15) is 25.7 Å². The summed E-state index contributed by atoms with van der Waals surface area (Å²) >= 11 is 0. The zero-order valence-electron chi connectivity index (χ0n) is 11.4. The van der Waals surface area contributed by atoms with Crippen LogP contribution in [0.2, 0.25) is 0 Å². The van der Waals surface area contributed by atoms with Gasteiger partial charge in [-0.3, -0.25) is 14.4 Å². The molecule has 0 saturated carbocycles. The number of rotatable bonds is 3. The lowest BCUT2D eigenvalue weighted by atomic mass is 10.0. The molecule has 8 nitrogen and oxygen atoms in total. The summed E-state index contributed by atoms with van der Waals surface area (Å²) in [4.78, 5) is 41.9. The molecule has 122 valence electrons. The highest BCUT2D eigenvalue weighted by atomic mass is 79.9. The van der Waals surface area contributed by atoms with Gasteiger partial charge >= 0.3 is 13.6 Å². The molecule has 0 bridgehead atoms. The summed E-state index contributed by atoms with van der Waals surface area (Å²) in [7, 11) is -4.29. The summed E-state index contributed by atoms with van der Waals surface area (Å²) in [5, 5.41) is 12.2. The molecule has 21 heavy (non-hydrogen) atoms. The minimum atomic E-state index is -4.29. The van der Waals surface area contributed by atoms with E-state index in [2.05, 4.69) is 0 Å². The maximum absolute atomic E-state index is 12.4. The molecule has 2 aliphatic heterocycles. The van der Waals surface area contributed by atoms with Crippen LogP contribution in [0.4, 0.5) is 0 Å². The second-order valence-corrected chi connectivity index (χ2v) is 7.01. The van der Waals surface area contributed by atoms with Crippen LogP contribution >= 0.6 is 24.6 Å². The number of carbonyl (C=O) groups excluding carboxylic acids is 1. The van der Waals surface area contributed by atoms with Crippen LogP contribution in [0.5, 0.6) is 0 Å². The van der Waals surface area contributed by atoms with Gasteiger partial charge in [-0.1, -0.05) is 0 Å². The van der Waals surface area contributed by atoms with E-state index >= 15 is 0 Å². The molecule has 0 aromatic carbocycles. The first-order valence-corrected chi connectivity index (χ1v) is 8.44. The smallest absolute Gasteiger partial charge is 0.328 e. The van der Waals surface area contributed by atoms with Gasteiger partial charge in [0, 0.05) is 13.1 Å². The molecule has 0 aromatic heterocycles. The van der Waals surface area contributed by atoms with E-state index in [0.717, 1.165) is 0 Å². The van der Waals surface area contributed by atoms with Crippen LogP contribution in [0, 0.1) is 5.92 Å². The molecule has 2 fully saturated rings. The van der Waals surface area contributed by atoms with Gasteiger partial charge in [-0.05, 0) is 25.7 Å². The van der Waals surface area contributed by atoms with E-state index in [-0.39, 0.29) is 17.0 Å². The topological polar surface area (TPSA) is 118 Å². The second kappa shape index (κ2) is 7.19. The Bertz CT molecular complexity index is 456. The highest BCUT2D eigenvalue weighted by molar-refractivity contribution is 8.93.